The van der Waals surface area contributed by atoms with Gasteiger partial charge in [-0.3, -0.25) is 14.6 Å². The fraction of sp³-hybridized carbons (Fsp3) is 0.238. The van der Waals surface area contributed by atoms with Crippen molar-refractivity contribution in [1.29, 1.82) is 0 Å². The second kappa shape index (κ2) is 7.05. The predicted octanol–water partition coefficient (Wildman–Crippen LogP) is 3.98. The molecule has 0 atom stereocenters. The molecule has 0 spiro atoms. The highest BCUT2D eigenvalue weighted by molar-refractivity contribution is 6.07. The van der Waals surface area contributed by atoms with Gasteiger partial charge in [0.05, 0.1) is 17.3 Å². The lowest BCUT2D eigenvalue weighted by Crippen LogP contribution is -2.16. The van der Waals surface area contributed by atoms with E-state index in [1.165, 1.54) is 0 Å². The van der Waals surface area contributed by atoms with Gasteiger partial charge >= 0.3 is 0 Å². The molecular formula is C21H23N7O. The minimum Gasteiger partial charge on any atom is -0.340 e. The maximum atomic E-state index is 12.9. The summed E-state index contributed by atoms with van der Waals surface area (Å²) in [7, 11) is 1.87. The Morgan fingerprint density at radius 1 is 1.17 bits per heavy atom. The first-order valence-electron chi connectivity index (χ1n) is 9.32. The van der Waals surface area contributed by atoms with Crippen LogP contribution in [0.1, 0.15) is 36.8 Å². The van der Waals surface area contributed by atoms with Gasteiger partial charge < -0.3 is 10.6 Å². The van der Waals surface area contributed by atoms with Gasteiger partial charge in [0.1, 0.15) is 5.82 Å². The van der Waals surface area contributed by atoms with Crippen LogP contribution in [0.2, 0.25) is 0 Å². The number of hydrogen-bond acceptors (Lipinski definition) is 5. The van der Waals surface area contributed by atoms with Crippen molar-refractivity contribution in [1.82, 2.24) is 25.0 Å². The average Bonchev–Trinajstić information content (AvgIpc) is 3.27. The molecule has 3 heterocycles. The largest absolute Gasteiger partial charge is 0.340 e. The number of nitrogens with one attached hydrogen (secondary N) is 3. The Labute approximate surface area is 168 Å². The summed E-state index contributed by atoms with van der Waals surface area (Å²) >= 11 is 0. The van der Waals surface area contributed by atoms with Gasteiger partial charge in [-0.25, -0.2) is 4.98 Å². The fourth-order valence-corrected chi connectivity index (χ4v) is 3.25. The van der Waals surface area contributed by atoms with E-state index in [2.05, 4.69) is 51.7 Å². The first-order valence-corrected chi connectivity index (χ1v) is 9.32. The summed E-state index contributed by atoms with van der Waals surface area (Å²) in [5.41, 5.74) is 3.10. The van der Waals surface area contributed by atoms with E-state index in [9.17, 15) is 4.79 Å². The van der Waals surface area contributed by atoms with Gasteiger partial charge in [0.15, 0.2) is 5.82 Å². The molecule has 8 nitrogen and oxygen atoms in total. The Bertz CT molecular complexity index is 1180. The Morgan fingerprint density at radius 2 is 2.00 bits per heavy atom. The van der Waals surface area contributed by atoms with E-state index >= 15 is 0 Å². The lowest BCUT2D eigenvalue weighted by molar-refractivity contribution is 0.102. The third kappa shape index (κ3) is 3.82. The van der Waals surface area contributed by atoms with Crippen LogP contribution >= 0.6 is 0 Å². The number of rotatable bonds is 4. The lowest BCUT2D eigenvalue weighted by atomic mass is 9.92. The SMILES string of the molecule is Cn1nc(NC(=O)c2cccnc2Nc2ccc3cn[nH]c3c2)cc1C(C)(C)C. The number of pyridine rings is 1. The van der Waals surface area contributed by atoms with Gasteiger partial charge in [-0.1, -0.05) is 20.8 Å². The first kappa shape index (κ1) is 18.7. The number of hydrogen-bond donors (Lipinski definition) is 3. The monoisotopic (exact) mass is 389 g/mol. The van der Waals surface area contributed by atoms with Crippen molar-refractivity contribution in [3.63, 3.8) is 0 Å². The summed E-state index contributed by atoms with van der Waals surface area (Å²) < 4.78 is 1.79. The molecule has 0 unspecified atom stereocenters. The van der Waals surface area contributed by atoms with E-state index in [4.69, 9.17) is 0 Å². The molecular weight excluding hydrogens is 366 g/mol. The quantitative estimate of drug-likeness (QED) is 0.490. The van der Waals surface area contributed by atoms with Crippen molar-refractivity contribution >= 4 is 34.1 Å². The highest BCUT2D eigenvalue weighted by Gasteiger charge is 2.21. The number of nitrogens with zero attached hydrogens (tertiary/aromatic N) is 4. The third-order valence-electron chi connectivity index (χ3n) is 4.65. The van der Waals surface area contributed by atoms with E-state index in [1.807, 2.05) is 31.3 Å². The minimum atomic E-state index is -0.276. The number of aromatic amines is 1. The van der Waals surface area contributed by atoms with Crippen LogP contribution < -0.4 is 10.6 Å². The normalized spacial score (nSPS) is 11.6. The summed E-state index contributed by atoms with van der Waals surface area (Å²) in [6, 6.07) is 11.2. The molecule has 4 rings (SSSR count). The highest BCUT2D eigenvalue weighted by Crippen LogP contribution is 2.25. The summed E-state index contributed by atoms with van der Waals surface area (Å²) in [6.07, 6.45) is 3.41. The molecule has 0 aliphatic heterocycles. The van der Waals surface area contributed by atoms with Gasteiger partial charge in [0.25, 0.3) is 5.91 Å². The topological polar surface area (TPSA) is 101 Å². The van der Waals surface area contributed by atoms with Crippen LogP contribution in [0.4, 0.5) is 17.3 Å². The van der Waals surface area contributed by atoms with Gasteiger partial charge in [-0.15, -0.1) is 0 Å². The van der Waals surface area contributed by atoms with Gasteiger partial charge in [-0.05, 0) is 30.3 Å². The van der Waals surface area contributed by atoms with Crippen LogP contribution in [0, 0.1) is 0 Å². The number of anilines is 3. The smallest absolute Gasteiger partial charge is 0.260 e. The highest BCUT2D eigenvalue weighted by atomic mass is 16.1. The number of aryl methyl sites for hydroxylation is 1. The van der Waals surface area contributed by atoms with Crippen molar-refractivity contribution in [2.75, 3.05) is 10.6 Å². The molecule has 0 aliphatic carbocycles. The Hall–Kier alpha value is -3.68. The number of carbonyl (C=O) groups excluding carboxylic acids is 1. The molecule has 29 heavy (non-hydrogen) atoms. The molecule has 0 saturated carbocycles. The van der Waals surface area contributed by atoms with Crippen molar-refractivity contribution in [2.24, 2.45) is 7.05 Å². The summed E-state index contributed by atoms with van der Waals surface area (Å²) in [5, 5.41) is 18.5. The molecule has 0 radical (unpaired) electrons. The molecule has 0 fully saturated rings. The van der Waals surface area contributed by atoms with Crippen LogP contribution in [0.25, 0.3) is 10.9 Å². The Kier molecular flexibility index (Phi) is 4.54. The Morgan fingerprint density at radius 3 is 2.76 bits per heavy atom. The van der Waals surface area contributed by atoms with Gasteiger partial charge in [0.2, 0.25) is 0 Å². The minimum absolute atomic E-state index is 0.0724. The maximum Gasteiger partial charge on any atom is 0.260 e. The second-order valence-corrected chi connectivity index (χ2v) is 7.94. The third-order valence-corrected chi connectivity index (χ3v) is 4.65. The van der Waals surface area contributed by atoms with Crippen molar-refractivity contribution in [3.8, 4) is 0 Å². The Balaban J connectivity index is 1.58. The molecule has 4 aromatic rings. The number of benzene rings is 1. The zero-order valence-electron chi connectivity index (χ0n) is 16.8. The molecule has 0 aliphatic rings. The molecule has 3 N–H and O–H groups in total. The summed E-state index contributed by atoms with van der Waals surface area (Å²) in [6.45, 7) is 6.32. The van der Waals surface area contributed by atoms with Crippen molar-refractivity contribution in [3.05, 3.63) is 60.0 Å². The second-order valence-electron chi connectivity index (χ2n) is 7.94. The number of amides is 1. The van der Waals surface area contributed by atoms with Crippen molar-refractivity contribution < 1.29 is 4.79 Å². The number of fused-ring (bicyclic) bond motifs is 1. The molecule has 8 heteroatoms. The van der Waals surface area contributed by atoms with Gasteiger partial charge in [-0.2, -0.15) is 10.2 Å². The summed E-state index contributed by atoms with van der Waals surface area (Å²) in [4.78, 5) is 17.3. The van der Waals surface area contributed by atoms with Crippen LogP contribution in [0.15, 0.2) is 48.8 Å². The summed E-state index contributed by atoms with van der Waals surface area (Å²) in [5.74, 6) is 0.703. The van der Waals surface area contributed by atoms with E-state index in [1.54, 1.807) is 29.2 Å². The average molecular weight is 389 g/mol. The number of carbonyl (C=O) groups is 1. The molecule has 0 saturated heterocycles. The predicted molar refractivity (Wildman–Crippen MR) is 113 cm³/mol. The van der Waals surface area contributed by atoms with Crippen LogP contribution in [-0.2, 0) is 12.5 Å². The zero-order valence-corrected chi connectivity index (χ0v) is 16.8. The first-order chi connectivity index (χ1) is 13.8. The van der Waals surface area contributed by atoms with Crippen LogP contribution in [0.3, 0.4) is 0 Å². The van der Waals surface area contributed by atoms with Crippen LogP contribution in [-0.4, -0.2) is 30.9 Å². The molecule has 1 aromatic carbocycles. The van der Waals surface area contributed by atoms with E-state index in [-0.39, 0.29) is 11.3 Å². The van der Waals surface area contributed by atoms with E-state index < -0.39 is 0 Å². The molecule has 3 aromatic heterocycles. The molecule has 0 bridgehead atoms. The standard InChI is InChI=1S/C21H23N7O/c1-21(2,3)17-11-18(27-28(17)4)25-20(29)15-6-5-9-22-19(15)24-14-8-7-13-12-23-26-16(13)10-14/h5-12H,1-4H3,(H,22,24)(H,23,26)(H,25,27,29). The fourth-order valence-electron chi connectivity index (χ4n) is 3.25. The van der Waals surface area contributed by atoms with E-state index in [0.717, 1.165) is 22.3 Å². The van der Waals surface area contributed by atoms with E-state index in [0.29, 0.717) is 17.2 Å². The maximum absolute atomic E-state index is 12.9. The number of H-pyrrole nitrogens is 1. The lowest BCUT2D eigenvalue weighted by Gasteiger charge is -2.17. The van der Waals surface area contributed by atoms with Gasteiger partial charge in [0, 0.05) is 41.5 Å². The van der Waals surface area contributed by atoms with Crippen LogP contribution in [0.5, 0.6) is 0 Å². The van der Waals surface area contributed by atoms with Crippen molar-refractivity contribution in [2.45, 2.75) is 26.2 Å². The zero-order chi connectivity index (χ0) is 20.6. The number of aromatic nitrogens is 5. The molecule has 148 valence electrons. The molecule has 1 amide bonds.